The third-order valence-electron chi connectivity index (χ3n) is 9.51. The molecule has 0 radical (unpaired) electrons. The summed E-state index contributed by atoms with van der Waals surface area (Å²) in [6, 6.07) is 0. The minimum Gasteiger partial charge on any atom is -0.299 e. The van der Waals surface area contributed by atoms with E-state index in [1.165, 1.54) is 193 Å². The normalized spacial score (nSPS) is 11.4. The molecule has 0 aromatic carbocycles. The average Bonchev–Trinajstić information content (AvgIpc) is 3.00. The molecule has 0 atom stereocenters. The predicted octanol–water partition coefficient (Wildman–Crippen LogP) is 14.6. The van der Waals surface area contributed by atoms with Crippen LogP contribution in [0.3, 0.4) is 0 Å². The zero-order valence-corrected chi connectivity index (χ0v) is 30.0. The number of rotatable bonds is 38. The van der Waals surface area contributed by atoms with Gasteiger partial charge in [0.2, 0.25) is 0 Å². The van der Waals surface area contributed by atoms with Crippen LogP contribution in [0.2, 0.25) is 0 Å². The van der Waals surface area contributed by atoms with Crippen molar-refractivity contribution in [3.8, 4) is 0 Å². The standard InChI is InChI=1S/C41H80O2/c1-3-5-7-9-11-13-15-17-19-20-21-22-24-26-28-30-32-34-36-38-41(43)39-40(42)37-35-33-31-29-27-25-23-18-16-14-12-10-8-6-4-2/h3-39H2,1-2H3. The lowest BCUT2D eigenvalue weighted by Gasteiger charge is -2.04. The Balaban J connectivity index is 3.26. The first-order valence-electron chi connectivity index (χ1n) is 20.2. The number of carbonyl (C=O) groups is 2. The molecule has 0 N–H and O–H groups in total. The highest BCUT2D eigenvalue weighted by atomic mass is 16.1. The van der Waals surface area contributed by atoms with E-state index in [9.17, 15) is 9.59 Å². The van der Waals surface area contributed by atoms with E-state index in [1.54, 1.807) is 0 Å². The van der Waals surface area contributed by atoms with Crippen LogP contribution in [0.5, 0.6) is 0 Å². The van der Waals surface area contributed by atoms with E-state index < -0.39 is 0 Å². The third-order valence-corrected chi connectivity index (χ3v) is 9.51. The topological polar surface area (TPSA) is 34.1 Å². The van der Waals surface area contributed by atoms with Gasteiger partial charge in [-0.15, -0.1) is 0 Å². The van der Waals surface area contributed by atoms with Crippen LogP contribution in [0.1, 0.15) is 251 Å². The quantitative estimate of drug-likeness (QED) is 0.0519. The Morgan fingerprint density at radius 2 is 0.419 bits per heavy atom. The van der Waals surface area contributed by atoms with Gasteiger partial charge in [-0.25, -0.2) is 0 Å². The van der Waals surface area contributed by atoms with E-state index in [-0.39, 0.29) is 18.0 Å². The molecule has 0 aliphatic heterocycles. The van der Waals surface area contributed by atoms with Crippen molar-refractivity contribution in [2.24, 2.45) is 0 Å². The van der Waals surface area contributed by atoms with Gasteiger partial charge in [-0.3, -0.25) is 9.59 Å². The summed E-state index contributed by atoms with van der Waals surface area (Å²) in [4.78, 5) is 24.3. The highest BCUT2D eigenvalue weighted by Gasteiger charge is 2.09. The fraction of sp³-hybridized carbons (Fsp3) is 0.951. The monoisotopic (exact) mass is 605 g/mol. The molecular formula is C41H80O2. The van der Waals surface area contributed by atoms with Crippen LogP contribution in [0.25, 0.3) is 0 Å². The number of unbranched alkanes of at least 4 members (excludes halogenated alkanes) is 32. The summed E-state index contributed by atoms with van der Waals surface area (Å²) in [6.07, 6.45) is 47.6. The number of carbonyl (C=O) groups excluding carboxylic acids is 2. The lowest BCUT2D eigenvalue weighted by atomic mass is 10.0. The Labute approximate surface area is 272 Å². The summed E-state index contributed by atoms with van der Waals surface area (Å²) >= 11 is 0. The molecular weight excluding hydrogens is 524 g/mol. The van der Waals surface area contributed by atoms with E-state index in [0.717, 1.165) is 25.7 Å². The zero-order chi connectivity index (χ0) is 31.3. The van der Waals surface area contributed by atoms with Crippen molar-refractivity contribution < 1.29 is 9.59 Å². The molecule has 0 bridgehead atoms. The second kappa shape index (κ2) is 37.5. The molecule has 0 heterocycles. The number of Topliss-reactive ketones (excluding diaryl/α,β-unsaturated/α-hetero) is 2. The molecule has 0 fully saturated rings. The highest BCUT2D eigenvalue weighted by Crippen LogP contribution is 2.16. The molecule has 0 aliphatic carbocycles. The Morgan fingerprint density at radius 1 is 0.256 bits per heavy atom. The summed E-state index contributed by atoms with van der Waals surface area (Å²) in [7, 11) is 0. The largest absolute Gasteiger partial charge is 0.299 e. The first kappa shape index (κ1) is 42.3. The molecule has 0 saturated heterocycles. The molecule has 0 spiro atoms. The lowest BCUT2D eigenvalue weighted by molar-refractivity contribution is -0.127. The van der Waals surface area contributed by atoms with Crippen molar-refractivity contribution in [3.63, 3.8) is 0 Å². The predicted molar refractivity (Wildman–Crippen MR) is 192 cm³/mol. The van der Waals surface area contributed by atoms with Gasteiger partial charge >= 0.3 is 0 Å². The van der Waals surface area contributed by atoms with E-state index in [1.807, 2.05) is 0 Å². The maximum absolute atomic E-state index is 12.2. The van der Waals surface area contributed by atoms with Crippen molar-refractivity contribution in [2.75, 3.05) is 0 Å². The lowest BCUT2D eigenvalue weighted by Crippen LogP contribution is -2.07. The molecule has 0 saturated carbocycles. The smallest absolute Gasteiger partial charge is 0.140 e. The molecule has 2 heteroatoms. The summed E-state index contributed by atoms with van der Waals surface area (Å²) in [6.45, 7) is 4.58. The average molecular weight is 605 g/mol. The fourth-order valence-electron chi connectivity index (χ4n) is 6.49. The van der Waals surface area contributed by atoms with Gasteiger partial charge in [0.1, 0.15) is 11.6 Å². The number of hydrogen-bond acceptors (Lipinski definition) is 2. The number of ketones is 2. The summed E-state index contributed by atoms with van der Waals surface area (Å²) in [5.74, 6) is 0.357. The second-order valence-electron chi connectivity index (χ2n) is 14.1. The van der Waals surface area contributed by atoms with Crippen LogP contribution >= 0.6 is 0 Å². The fourth-order valence-corrected chi connectivity index (χ4v) is 6.49. The molecule has 2 nitrogen and oxygen atoms in total. The maximum atomic E-state index is 12.2. The Hall–Kier alpha value is -0.660. The molecule has 0 aromatic heterocycles. The van der Waals surface area contributed by atoms with Crippen molar-refractivity contribution in [1.82, 2.24) is 0 Å². The van der Waals surface area contributed by atoms with E-state index in [4.69, 9.17) is 0 Å². The van der Waals surface area contributed by atoms with Crippen LogP contribution in [0, 0.1) is 0 Å². The van der Waals surface area contributed by atoms with Crippen molar-refractivity contribution in [2.45, 2.75) is 251 Å². The summed E-state index contributed by atoms with van der Waals surface area (Å²) < 4.78 is 0. The number of hydrogen-bond donors (Lipinski definition) is 0. The van der Waals surface area contributed by atoms with E-state index in [2.05, 4.69) is 13.8 Å². The minimum atomic E-state index is 0.178. The Kier molecular flexibility index (Phi) is 37.0. The van der Waals surface area contributed by atoms with Crippen LogP contribution in [-0.2, 0) is 9.59 Å². The van der Waals surface area contributed by atoms with Gasteiger partial charge in [0, 0.05) is 12.8 Å². The van der Waals surface area contributed by atoms with Gasteiger partial charge in [0.05, 0.1) is 6.42 Å². The molecule has 0 amide bonds. The van der Waals surface area contributed by atoms with Gasteiger partial charge in [-0.05, 0) is 12.8 Å². The maximum Gasteiger partial charge on any atom is 0.140 e. The zero-order valence-electron chi connectivity index (χ0n) is 30.0. The highest BCUT2D eigenvalue weighted by molar-refractivity contribution is 5.98. The second-order valence-corrected chi connectivity index (χ2v) is 14.1. The molecule has 0 aliphatic rings. The molecule has 0 aromatic rings. The summed E-state index contributed by atoms with van der Waals surface area (Å²) in [5.41, 5.74) is 0. The first-order chi connectivity index (χ1) is 21.2. The molecule has 0 unspecified atom stereocenters. The van der Waals surface area contributed by atoms with E-state index in [0.29, 0.717) is 12.8 Å². The van der Waals surface area contributed by atoms with Crippen LogP contribution in [0.15, 0.2) is 0 Å². The minimum absolute atomic E-state index is 0.178. The van der Waals surface area contributed by atoms with Crippen molar-refractivity contribution in [1.29, 1.82) is 0 Å². The van der Waals surface area contributed by atoms with Crippen molar-refractivity contribution in [3.05, 3.63) is 0 Å². The van der Waals surface area contributed by atoms with E-state index >= 15 is 0 Å². The molecule has 43 heavy (non-hydrogen) atoms. The van der Waals surface area contributed by atoms with Gasteiger partial charge in [0.25, 0.3) is 0 Å². The van der Waals surface area contributed by atoms with Gasteiger partial charge < -0.3 is 0 Å². The van der Waals surface area contributed by atoms with Crippen LogP contribution < -0.4 is 0 Å². The summed E-state index contributed by atoms with van der Waals surface area (Å²) in [5, 5.41) is 0. The van der Waals surface area contributed by atoms with Gasteiger partial charge in [-0.1, -0.05) is 219 Å². The third kappa shape index (κ3) is 37.4. The van der Waals surface area contributed by atoms with Gasteiger partial charge in [-0.2, -0.15) is 0 Å². The van der Waals surface area contributed by atoms with Crippen molar-refractivity contribution >= 4 is 11.6 Å². The molecule has 256 valence electrons. The SMILES string of the molecule is CCCCCCCCCCCCCCCCCCCCCC(=O)CC(=O)CCCCCCCCCCCCCCCCC. The Bertz CT molecular complexity index is 554. The van der Waals surface area contributed by atoms with Crippen LogP contribution in [0.4, 0.5) is 0 Å². The molecule has 0 rings (SSSR count). The Morgan fingerprint density at radius 3 is 0.605 bits per heavy atom. The van der Waals surface area contributed by atoms with Crippen LogP contribution in [-0.4, -0.2) is 11.6 Å². The van der Waals surface area contributed by atoms with Gasteiger partial charge in [0.15, 0.2) is 0 Å². The first-order valence-corrected chi connectivity index (χ1v) is 20.2.